The lowest BCUT2D eigenvalue weighted by Crippen LogP contribution is -2.52. The molecule has 0 aliphatic carbocycles. The van der Waals surface area contributed by atoms with Crippen LogP contribution >= 0.6 is 11.8 Å². The van der Waals surface area contributed by atoms with E-state index in [1.807, 2.05) is 30.3 Å². The normalized spacial score (nSPS) is 20.1. The van der Waals surface area contributed by atoms with Crippen LogP contribution in [0.3, 0.4) is 0 Å². The SMILES string of the molecule is COc1ccc(C[C@@H]2c3cc(OC)c(OC)cc3CC[N@@+]2(C)CCCOC(=O)C(CC(=O)OCCC[N@+]2(C)CCc3cc(OC)c(OC)cc3C2)SC[C@@H](N)C(=O)O)cc1OC. The first-order chi connectivity index (χ1) is 29.7. The lowest BCUT2D eigenvalue weighted by molar-refractivity contribution is -0.941. The van der Waals surface area contributed by atoms with Gasteiger partial charge in [-0.1, -0.05) is 6.07 Å². The first-order valence-electron chi connectivity index (χ1n) is 21.0. The monoisotopic (exact) mass is 883 g/mol. The maximum atomic E-state index is 13.6. The van der Waals surface area contributed by atoms with Crippen molar-refractivity contribution in [1.29, 1.82) is 0 Å². The van der Waals surface area contributed by atoms with Crippen LogP contribution < -0.4 is 34.2 Å². The Morgan fingerprint density at radius 3 is 1.94 bits per heavy atom. The van der Waals surface area contributed by atoms with Gasteiger partial charge in [-0.15, -0.1) is 11.8 Å². The van der Waals surface area contributed by atoms with Crippen LogP contribution in [0.1, 0.15) is 53.1 Å². The van der Waals surface area contributed by atoms with Crippen LogP contribution in [0.4, 0.5) is 0 Å². The molecule has 0 saturated carbocycles. The average molecular weight is 884 g/mol. The standard InChI is InChI=1S/C46H64N3O12S/c1-48(17-13-31-23-39(56-5)41(58-7)25-33(31)28-48)15-9-19-60-44(50)27-43(62-29-35(47)45(51)52)46(53)61-20-10-16-49(2)18-14-32-24-40(57-6)42(59-8)26-34(32)36(49)21-30-11-12-37(54-3)38(22-30)55-4/h11-12,22-26,35-36,43H,9-10,13-21,27-29,47H2,1-8H3/q+1/p+1/t35-,36-,43?,48-,49-/m1/s1. The number of rotatable bonds is 23. The van der Waals surface area contributed by atoms with E-state index in [4.69, 9.17) is 43.6 Å². The number of nitrogens with zero attached hydrogens (tertiary/aromatic N) is 2. The summed E-state index contributed by atoms with van der Waals surface area (Å²) in [6, 6.07) is 13.0. The van der Waals surface area contributed by atoms with Gasteiger partial charge in [-0.2, -0.15) is 0 Å². The Morgan fingerprint density at radius 2 is 1.29 bits per heavy atom. The van der Waals surface area contributed by atoms with E-state index in [0.717, 1.165) is 72.1 Å². The molecule has 0 spiro atoms. The minimum Gasteiger partial charge on any atom is -0.493 e. The van der Waals surface area contributed by atoms with Gasteiger partial charge < -0.3 is 57.7 Å². The lowest BCUT2D eigenvalue weighted by atomic mass is 9.86. The number of hydrogen-bond donors (Lipinski definition) is 2. The molecule has 16 heteroatoms. The molecule has 2 aliphatic heterocycles. The average Bonchev–Trinajstić information content (AvgIpc) is 3.27. The highest BCUT2D eigenvalue weighted by Gasteiger charge is 2.40. The number of hydrogen-bond acceptors (Lipinski definition) is 13. The van der Waals surface area contributed by atoms with E-state index < -0.39 is 29.2 Å². The molecule has 3 N–H and O–H groups in total. The minimum atomic E-state index is -1.21. The van der Waals surface area contributed by atoms with Gasteiger partial charge >= 0.3 is 17.9 Å². The summed E-state index contributed by atoms with van der Waals surface area (Å²) in [6.07, 6.45) is 3.32. The summed E-state index contributed by atoms with van der Waals surface area (Å²) in [5, 5.41) is 8.43. The summed E-state index contributed by atoms with van der Waals surface area (Å²) in [5.41, 5.74) is 11.7. The maximum absolute atomic E-state index is 13.6. The Labute approximate surface area is 369 Å². The Morgan fingerprint density at radius 1 is 0.726 bits per heavy atom. The maximum Gasteiger partial charge on any atom is 0.321 e. The first-order valence-corrected chi connectivity index (χ1v) is 22.0. The number of nitrogens with two attached hydrogens (primary N) is 1. The van der Waals surface area contributed by atoms with E-state index in [1.165, 1.54) is 16.7 Å². The van der Waals surface area contributed by atoms with Gasteiger partial charge in [-0.25, -0.2) is 0 Å². The Balaban J connectivity index is 1.19. The van der Waals surface area contributed by atoms with E-state index in [9.17, 15) is 19.5 Å². The van der Waals surface area contributed by atoms with Crippen molar-refractivity contribution in [3.8, 4) is 34.5 Å². The summed E-state index contributed by atoms with van der Waals surface area (Å²) in [5.74, 6) is 1.64. The molecule has 0 fully saturated rings. The molecular weight excluding hydrogens is 819 g/mol. The second kappa shape index (κ2) is 21.9. The first kappa shape index (κ1) is 48.1. The quantitative estimate of drug-likeness (QED) is 0.0741. The number of carboxylic acid groups (broad SMARTS) is 1. The largest absolute Gasteiger partial charge is 0.493 e. The minimum absolute atomic E-state index is 0.0193. The van der Waals surface area contributed by atoms with E-state index in [0.29, 0.717) is 59.0 Å². The Bertz CT molecular complexity index is 2030. The molecule has 15 nitrogen and oxygen atoms in total. The summed E-state index contributed by atoms with van der Waals surface area (Å²) < 4.78 is 46.4. The number of fused-ring (bicyclic) bond motifs is 2. The fourth-order valence-electron chi connectivity index (χ4n) is 8.61. The van der Waals surface area contributed by atoms with E-state index >= 15 is 0 Å². The fourth-order valence-corrected chi connectivity index (χ4v) is 9.65. The number of methoxy groups -OCH3 is 6. The lowest BCUT2D eigenvalue weighted by Gasteiger charge is -2.46. The van der Waals surface area contributed by atoms with Gasteiger partial charge in [0, 0.05) is 49.0 Å². The topological polar surface area (TPSA) is 171 Å². The molecule has 62 heavy (non-hydrogen) atoms. The molecule has 0 saturated heterocycles. The van der Waals surface area contributed by atoms with Crippen molar-refractivity contribution >= 4 is 29.7 Å². The Hall–Kier alpha value is -4.90. The van der Waals surface area contributed by atoms with Gasteiger partial charge in [0.25, 0.3) is 0 Å². The summed E-state index contributed by atoms with van der Waals surface area (Å²) >= 11 is 0.997. The number of quaternary nitrogens is 2. The predicted molar refractivity (Wildman–Crippen MR) is 236 cm³/mol. The van der Waals surface area contributed by atoms with Gasteiger partial charge in [-0.3, -0.25) is 14.4 Å². The van der Waals surface area contributed by atoms with Crippen molar-refractivity contribution in [2.45, 2.75) is 62.4 Å². The van der Waals surface area contributed by atoms with Crippen molar-refractivity contribution in [3.05, 3.63) is 70.3 Å². The van der Waals surface area contributed by atoms with Crippen molar-refractivity contribution in [3.63, 3.8) is 0 Å². The molecule has 1 unspecified atom stereocenters. The number of likely N-dealkylation sites (N-methyl/N-ethyl adjacent to an activating group) is 2. The predicted octanol–water partition coefficient (Wildman–Crippen LogP) is 5.00. The van der Waals surface area contributed by atoms with Crippen LogP contribution in [0.5, 0.6) is 34.5 Å². The van der Waals surface area contributed by atoms with Crippen LogP contribution in [-0.4, -0.2) is 145 Å². The highest BCUT2D eigenvalue weighted by molar-refractivity contribution is 8.00. The second-order valence-electron chi connectivity index (χ2n) is 16.5. The molecule has 5 atom stereocenters. The number of carboxylic acids is 1. The van der Waals surface area contributed by atoms with Crippen LogP contribution in [0, 0.1) is 0 Å². The number of benzene rings is 3. The van der Waals surface area contributed by atoms with Crippen LogP contribution in [-0.2, 0) is 49.7 Å². The van der Waals surface area contributed by atoms with Crippen LogP contribution in [0.15, 0.2) is 42.5 Å². The number of thioether (sulfide) groups is 1. The van der Waals surface area contributed by atoms with Crippen molar-refractivity contribution in [2.75, 3.05) is 102 Å². The van der Waals surface area contributed by atoms with Gasteiger partial charge in [-0.05, 0) is 53.1 Å². The molecule has 0 radical (unpaired) electrons. The number of aliphatic carboxylic acids is 1. The zero-order chi connectivity index (χ0) is 45.0. The molecule has 3 aromatic carbocycles. The van der Waals surface area contributed by atoms with Crippen LogP contribution in [0.2, 0.25) is 0 Å². The molecule has 0 bridgehead atoms. The summed E-state index contributed by atoms with van der Waals surface area (Å²) in [4.78, 5) is 38.2. The van der Waals surface area contributed by atoms with E-state index in [2.05, 4.69) is 26.2 Å². The molecule has 0 aromatic heterocycles. The number of esters is 2. The van der Waals surface area contributed by atoms with Gasteiger partial charge in [0.15, 0.2) is 34.5 Å². The molecule has 5 rings (SSSR count). The Kier molecular flexibility index (Phi) is 17.0. The molecule has 2 aliphatic rings. The molecule has 340 valence electrons. The number of carbonyl (C=O) groups is 3. The highest BCUT2D eigenvalue weighted by Crippen LogP contribution is 2.43. The highest BCUT2D eigenvalue weighted by atomic mass is 32.2. The fraction of sp³-hybridized carbons (Fsp3) is 0.543. The molecule has 2 heterocycles. The number of carbonyl (C=O) groups excluding carboxylic acids is 2. The van der Waals surface area contributed by atoms with Gasteiger partial charge in [0.2, 0.25) is 0 Å². The van der Waals surface area contributed by atoms with Crippen molar-refractivity contribution in [1.82, 2.24) is 0 Å². The van der Waals surface area contributed by atoms with Gasteiger partial charge in [0.05, 0.1) is 103 Å². The zero-order valence-electron chi connectivity index (χ0n) is 37.5. The third-order valence-corrected chi connectivity index (χ3v) is 13.6. The second-order valence-corrected chi connectivity index (χ2v) is 17.7. The van der Waals surface area contributed by atoms with E-state index in [1.54, 1.807) is 42.7 Å². The molecular formula is C46H65N3O12S+2. The third kappa shape index (κ3) is 12.0. The zero-order valence-corrected chi connectivity index (χ0v) is 38.3. The smallest absolute Gasteiger partial charge is 0.321 e. The number of ether oxygens (including phenoxy) is 8. The molecule has 3 aromatic rings. The van der Waals surface area contributed by atoms with Crippen LogP contribution in [0.25, 0.3) is 0 Å². The summed E-state index contributed by atoms with van der Waals surface area (Å²) in [6.45, 7) is 4.35. The van der Waals surface area contributed by atoms with E-state index in [-0.39, 0.29) is 31.4 Å². The van der Waals surface area contributed by atoms with Gasteiger partial charge in [0.1, 0.15) is 23.9 Å². The molecule has 0 amide bonds. The summed E-state index contributed by atoms with van der Waals surface area (Å²) in [7, 11) is 14.2. The van der Waals surface area contributed by atoms with Crippen molar-refractivity contribution < 1.29 is 66.4 Å². The third-order valence-electron chi connectivity index (χ3n) is 12.3. The van der Waals surface area contributed by atoms with Crippen molar-refractivity contribution in [2.24, 2.45) is 5.73 Å².